The van der Waals surface area contributed by atoms with Crippen LogP contribution < -0.4 is 0 Å². The first-order valence-electron chi connectivity index (χ1n) is 10.4. The van der Waals surface area contributed by atoms with Gasteiger partial charge in [0.2, 0.25) is 0 Å². The molecule has 1 aliphatic heterocycles. The van der Waals surface area contributed by atoms with Gasteiger partial charge in [0.1, 0.15) is 0 Å². The highest BCUT2D eigenvalue weighted by Gasteiger charge is 2.39. The van der Waals surface area contributed by atoms with Crippen molar-refractivity contribution in [2.75, 3.05) is 0 Å². The van der Waals surface area contributed by atoms with Crippen LogP contribution >= 0.6 is 0 Å². The molecule has 140 valence electrons. The fourth-order valence-electron chi connectivity index (χ4n) is 5.16. The van der Waals surface area contributed by atoms with Gasteiger partial charge < -0.3 is 0 Å². The summed E-state index contributed by atoms with van der Waals surface area (Å²) in [6.45, 7) is 7.97. The Morgan fingerprint density at radius 3 is 2.26 bits per heavy atom. The number of rotatable bonds is 3. The van der Waals surface area contributed by atoms with E-state index in [1.165, 1.54) is 42.4 Å². The fourth-order valence-corrected chi connectivity index (χ4v) is 5.16. The zero-order chi connectivity index (χ0) is 18.8. The average Bonchev–Trinajstić information content (AvgIpc) is 2.71. The molecule has 1 nitrogen and oxygen atoms in total. The largest absolute Gasteiger partial charge is 0.281 e. The number of allylic oxidation sites excluding steroid dienone is 1. The van der Waals surface area contributed by atoms with Gasteiger partial charge in [-0.2, -0.15) is 0 Å². The van der Waals surface area contributed by atoms with Gasteiger partial charge >= 0.3 is 0 Å². The Labute approximate surface area is 164 Å². The van der Waals surface area contributed by atoms with Crippen LogP contribution in [-0.4, -0.2) is 10.9 Å². The van der Waals surface area contributed by atoms with Crippen molar-refractivity contribution in [1.82, 2.24) is 4.90 Å². The number of benzene rings is 2. The second kappa shape index (κ2) is 7.86. The molecule has 0 bridgehead atoms. The third-order valence-electron chi connectivity index (χ3n) is 6.33. The molecular weight excluding hydrogens is 326 g/mol. The van der Waals surface area contributed by atoms with Crippen LogP contribution in [0.2, 0.25) is 0 Å². The number of fused-ring (bicyclic) bond motifs is 1. The van der Waals surface area contributed by atoms with E-state index in [0.717, 1.165) is 6.54 Å². The topological polar surface area (TPSA) is 3.24 Å². The predicted molar refractivity (Wildman–Crippen MR) is 114 cm³/mol. The maximum Gasteiger partial charge on any atom is 0.0612 e. The molecule has 1 aliphatic carbocycles. The van der Waals surface area contributed by atoms with Crippen molar-refractivity contribution in [3.8, 4) is 0 Å². The number of hydrogen-bond acceptors (Lipinski definition) is 1. The summed E-state index contributed by atoms with van der Waals surface area (Å²) in [4.78, 5) is 2.79. The summed E-state index contributed by atoms with van der Waals surface area (Å²) in [6, 6.07) is 23.1. The van der Waals surface area contributed by atoms with Crippen molar-refractivity contribution < 1.29 is 0 Å². The molecule has 2 aromatic rings. The SMILES string of the molecule is CC(C)=C1C(C)=C2CCCC[C@H]2N(Cc2ccccc2)[C@H]1c1ccccc1. The highest BCUT2D eigenvalue weighted by molar-refractivity contribution is 5.49. The minimum Gasteiger partial charge on any atom is -0.281 e. The van der Waals surface area contributed by atoms with Gasteiger partial charge in [-0.1, -0.05) is 72.7 Å². The normalized spacial score (nSPS) is 23.3. The Hall–Kier alpha value is -2.12. The lowest BCUT2D eigenvalue weighted by Gasteiger charge is -2.48. The van der Waals surface area contributed by atoms with Gasteiger partial charge in [0, 0.05) is 12.6 Å². The molecule has 1 heteroatoms. The van der Waals surface area contributed by atoms with Gasteiger partial charge in [0.05, 0.1) is 6.04 Å². The van der Waals surface area contributed by atoms with Gasteiger partial charge in [-0.15, -0.1) is 0 Å². The lowest BCUT2D eigenvalue weighted by atomic mass is 9.75. The molecule has 0 aromatic heterocycles. The van der Waals surface area contributed by atoms with Crippen molar-refractivity contribution in [2.45, 2.75) is 65.1 Å². The minimum absolute atomic E-state index is 0.350. The lowest BCUT2D eigenvalue weighted by molar-refractivity contribution is 0.134. The summed E-state index contributed by atoms with van der Waals surface area (Å²) in [7, 11) is 0. The maximum absolute atomic E-state index is 2.79. The Balaban J connectivity index is 1.87. The Bertz CT molecular complexity index is 840. The number of nitrogens with zero attached hydrogens (tertiary/aromatic N) is 1. The van der Waals surface area contributed by atoms with E-state index in [1.54, 1.807) is 16.7 Å². The van der Waals surface area contributed by atoms with Crippen LogP contribution in [0.1, 0.15) is 63.6 Å². The molecule has 27 heavy (non-hydrogen) atoms. The van der Waals surface area contributed by atoms with E-state index >= 15 is 0 Å². The van der Waals surface area contributed by atoms with Crippen LogP contribution in [0.5, 0.6) is 0 Å². The first-order valence-corrected chi connectivity index (χ1v) is 10.4. The fraction of sp³-hybridized carbons (Fsp3) is 0.385. The van der Waals surface area contributed by atoms with Gasteiger partial charge in [-0.3, -0.25) is 4.90 Å². The predicted octanol–water partition coefficient (Wildman–Crippen LogP) is 6.84. The Kier molecular flexibility index (Phi) is 5.31. The van der Waals surface area contributed by atoms with Crippen LogP contribution in [0.4, 0.5) is 0 Å². The van der Waals surface area contributed by atoms with Crippen LogP contribution in [0.15, 0.2) is 83.0 Å². The van der Waals surface area contributed by atoms with Crippen molar-refractivity contribution in [2.24, 2.45) is 0 Å². The molecule has 2 aliphatic rings. The zero-order valence-corrected chi connectivity index (χ0v) is 16.9. The molecule has 4 rings (SSSR count). The van der Waals surface area contributed by atoms with Crippen molar-refractivity contribution in [1.29, 1.82) is 0 Å². The monoisotopic (exact) mass is 357 g/mol. The van der Waals surface area contributed by atoms with E-state index in [1.807, 2.05) is 0 Å². The van der Waals surface area contributed by atoms with Crippen LogP contribution in [-0.2, 0) is 6.54 Å². The second-order valence-electron chi connectivity index (χ2n) is 8.30. The summed E-state index contributed by atoms with van der Waals surface area (Å²) >= 11 is 0. The Morgan fingerprint density at radius 2 is 1.59 bits per heavy atom. The Morgan fingerprint density at radius 1 is 0.926 bits per heavy atom. The summed E-state index contributed by atoms with van der Waals surface area (Å²) in [6.07, 6.45) is 5.24. The molecule has 0 unspecified atom stereocenters. The second-order valence-corrected chi connectivity index (χ2v) is 8.30. The first kappa shape index (κ1) is 18.3. The summed E-state index contributed by atoms with van der Waals surface area (Å²) in [5.74, 6) is 0. The molecule has 0 spiro atoms. The molecule has 2 aromatic carbocycles. The third kappa shape index (κ3) is 3.53. The van der Waals surface area contributed by atoms with Gasteiger partial charge in [0.25, 0.3) is 0 Å². The van der Waals surface area contributed by atoms with Gasteiger partial charge in [-0.25, -0.2) is 0 Å². The minimum atomic E-state index is 0.350. The zero-order valence-electron chi connectivity index (χ0n) is 16.9. The molecule has 0 amide bonds. The van der Waals surface area contributed by atoms with E-state index in [9.17, 15) is 0 Å². The average molecular weight is 358 g/mol. The number of hydrogen-bond donors (Lipinski definition) is 0. The molecule has 0 saturated heterocycles. The quantitative estimate of drug-likeness (QED) is 0.581. The van der Waals surface area contributed by atoms with Gasteiger partial charge in [-0.05, 0) is 67.9 Å². The van der Waals surface area contributed by atoms with E-state index < -0.39 is 0 Å². The van der Waals surface area contributed by atoms with Gasteiger partial charge in [0.15, 0.2) is 0 Å². The van der Waals surface area contributed by atoms with Crippen LogP contribution in [0.25, 0.3) is 0 Å². The van der Waals surface area contributed by atoms with E-state index in [0.29, 0.717) is 12.1 Å². The van der Waals surface area contributed by atoms with Crippen molar-refractivity contribution in [3.63, 3.8) is 0 Å². The van der Waals surface area contributed by atoms with Crippen molar-refractivity contribution >= 4 is 0 Å². The highest BCUT2D eigenvalue weighted by Crippen LogP contribution is 2.47. The molecule has 1 saturated carbocycles. The molecule has 1 heterocycles. The summed E-state index contributed by atoms with van der Waals surface area (Å²) in [5.41, 5.74) is 9.10. The molecule has 0 N–H and O–H groups in total. The molecular formula is C26H31N. The summed E-state index contributed by atoms with van der Waals surface area (Å²) < 4.78 is 0. The standard InChI is InChI=1S/C26H31N/c1-19(2)25-20(3)23-16-10-11-17-24(23)27(18-21-12-6-4-7-13-21)26(25)22-14-8-5-9-15-22/h4-9,12-15,24,26H,10-11,16-18H2,1-3H3/t24-,26+/m1/s1. The van der Waals surface area contributed by atoms with Crippen LogP contribution in [0, 0.1) is 0 Å². The smallest absolute Gasteiger partial charge is 0.0612 e. The van der Waals surface area contributed by atoms with E-state index in [-0.39, 0.29) is 0 Å². The summed E-state index contributed by atoms with van der Waals surface area (Å²) in [5, 5.41) is 0. The lowest BCUT2D eigenvalue weighted by Crippen LogP contribution is -2.45. The molecule has 2 atom stereocenters. The van der Waals surface area contributed by atoms with E-state index in [4.69, 9.17) is 0 Å². The first-order chi connectivity index (χ1) is 13.2. The molecule has 1 fully saturated rings. The third-order valence-corrected chi connectivity index (χ3v) is 6.33. The van der Waals surface area contributed by atoms with Crippen LogP contribution in [0.3, 0.4) is 0 Å². The maximum atomic E-state index is 2.79. The molecule has 0 radical (unpaired) electrons. The highest BCUT2D eigenvalue weighted by atomic mass is 15.2. The van der Waals surface area contributed by atoms with E-state index in [2.05, 4.69) is 86.3 Å². The van der Waals surface area contributed by atoms with Crippen molar-refractivity contribution in [3.05, 3.63) is 94.1 Å².